The molecule has 2 saturated heterocycles. The van der Waals surface area contributed by atoms with E-state index in [0.717, 1.165) is 42.1 Å². The van der Waals surface area contributed by atoms with Crippen LogP contribution in [-0.4, -0.2) is 61.6 Å². The number of thioether (sulfide) groups is 1. The highest BCUT2D eigenvalue weighted by Crippen LogP contribution is 2.23. The molecule has 1 N–H and O–H groups in total. The van der Waals surface area contributed by atoms with Gasteiger partial charge in [0.05, 0.1) is 31.4 Å². The minimum Gasteiger partial charge on any atom is -0.466 e. The van der Waals surface area contributed by atoms with Crippen LogP contribution in [0.25, 0.3) is 0 Å². The molecular formula is C18H19FN4O4S. The minimum absolute atomic E-state index is 0.176. The van der Waals surface area contributed by atoms with E-state index < -0.39 is 11.9 Å². The molecule has 2 fully saturated rings. The SMILES string of the molecule is COC(=O)/C=C1/S/C(=N\N=Cc2ccc(F)cc2CN2CCOCC2)NC1=O. The van der Waals surface area contributed by atoms with Crippen molar-refractivity contribution in [3.63, 3.8) is 0 Å². The Morgan fingerprint density at radius 1 is 1.43 bits per heavy atom. The van der Waals surface area contributed by atoms with Gasteiger partial charge in [0.15, 0.2) is 5.17 Å². The van der Waals surface area contributed by atoms with Crippen molar-refractivity contribution in [2.75, 3.05) is 33.4 Å². The maximum Gasteiger partial charge on any atom is 0.331 e. The van der Waals surface area contributed by atoms with Crippen LogP contribution < -0.4 is 5.32 Å². The number of rotatable bonds is 5. The number of benzene rings is 1. The summed E-state index contributed by atoms with van der Waals surface area (Å²) in [6, 6.07) is 4.48. The van der Waals surface area contributed by atoms with E-state index in [2.05, 4.69) is 25.2 Å². The third-order valence-electron chi connectivity index (χ3n) is 4.05. The lowest BCUT2D eigenvalue weighted by atomic mass is 10.1. The first kappa shape index (κ1) is 20.2. The predicted octanol–water partition coefficient (Wildman–Crippen LogP) is 1.27. The van der Waals surface area contributed by atoms with Crippen LogP contribution in [0.15, 0.2) is 39.4 Å². The van der Waals surface area contributed by atoms with Gasteiger partial charge in [-0.15, -0.1) is 5.10 Å². The molecule has 1 aromatic rings. The van der Waals surface area contributed by atoms with Crippen LogP contribution in [0.2, 0.25) is 0 Å². The van der Waals surface area contributed by atoms with E-state index >= 15 is 0 Å². The van der Waals surface area contributed by atoms with Crippen molar-refractivity contribution >= 4 is 35.0 Å². The summed E-state index contributed by atoms with van der Waals surface area (Å²) < 4.78 is 23.5. The summed E-state index contributed by atoms with van der Waals surface area (Å²) in [5, 5.41) is 10.7. The van der Waals surface area contributed by atoms with Crippen LogP contribution in [0.1, 0.15) is 11.1 Å². The minimum atomic E-state index is -0.624. The normalized spacial score (nSPS) is 20.9. The summed E-state index contributed by atoms with van der Waals surface area (Å²) in [6.07, 6.45) is 2.60. The van der Waals surface area contributed by atoms with Crippen molar-refractivity contribution in [1.29, 1.82) is 0 Å². The smallest absolute Gasteiger partial charge is 0.331 e. The Morgan fingerprint density at radius 2 is 2.21 bits per heavy atom. The van der Waals surface area contributed by atoms with Crippen LogP contribution >= 0.6 is 11.8 Å². The Balaban J connectivity index is 1.70. The second-order valence-electron chi connectivity index (χ2n) is 5.97. The molecule has 3 rings (SSSR count). The number of hydrogen-bond donors (Lipinski definition) is 1. The molecule has 0 radical (unpaired) electrons. The summed E-state index contributed by atoms with van der Waals surface area (Å²) in [5.74, 6) is -1.39. The monoisotopic (exact) mass is 406 g/mol. The summed E-state index contributed by atoms with van der Waals surface area (Å²) in [7, 11) is 1.23. The van der Waals surface area contributed by atoms with E-state index in [1.54, 1.807) is 6.07 Å². The molecule has 0 unspecified atom stereocenters. The van der Waals surface area contributed by atoms with Gasteiger partial charge in [-0.2, -0.15) is 5.10 Å². The highest BCUT2D eigenvalue weighted by atomic mass is 32.2. The molecule has 2 aliphatic heterocycles. The predicted molar refractivity (Wildman–Crippen MR) is 103 cm³/mol. The number of nitrogens with zero attached hydrogens (tertiary/aromatic N) is 3. The maximum atomic E-state index is 13.7. The summed E-state index contributed by atoms with van der Waals surface area (Å²) >= 11 is 0.986. The highest BCUT2D eigenvalue weighted by Gasteiger charge is 2.25. The fraction of sp³-hybridized carbons (Fsp3) is 0.333. The number of esters is 1. The largest absolute Gasteiger partial charge is 0.466 e. The molecule has 28 heavy (non-hydrogen) atoms. The lowest BCUT2D eigenvalue weighted by Crippen LogP contribution is -2.35. The first-order chi connectivity index (χ1) is 13.5. The van der Waals surface area contributed by atoms with Crippen LogP contribution in [0.4, 0.5) is 4.39 Å². The van der Waals surface area contributed by atoms with Gasteiger partial charge in [-0.25, -0.2) is 9.18 Å². The third kappa shape index (κ3) is 5.47. The summed E-state index contributed by atoms with van der Waals surface area (Å²) in [5.41, 5.74) is 1.53. The van der Waals surface area contributed by atoms with Gasteiger partial charge in [-0.05, 0) is 35.0 Å². The molecule has 0 spiro atoms. The van der Waals surface area contributed by atoms with Crippen LogP contribution in [0.3, 0.4) is 0 Å². The molecule has 0 atom stereocenters. The zero-order chi connectivity index (χ0) is 19.9. The Hall–Kier alpha value is -2.56. The average molecular weight is 406 g/mol. The van der Waals surface area contributed by atoms with Gasteiger partial charge in [0, 0.05) is 25.7 Å². The van der Waals surface area contributed by atoms with Gasteiger partial charge in [0.2, 0.25) is 0 Å². The van der Waals surface area contributed by atoms with Crippen molar-refractivity contribution in [2.24, 2.45) is 10.2 Å². The number of hydrogen-bond acceptors (Lipinski definition) is 8. The number of halogens is 1. The molecule has 0 aromatic heterocycles. The van der Waals surface area contributed by atoms with Crippen LogP contribution in [0.5, 0.6) is 0 Å². The quantitative estimate of drug-likeness (QED) is 0.343. The number of amides is 1. The first-order valence-electron chi connectivity index (χ1n) is 8.53. The zero-order valence-electron chi connectivity index (χ0n) is 15.2. The molecule has 0 aliphatic carbocycles. The molecule has 1 amide bonds. The lowest BCUT2D eigenvalue weighted by molar-refractivity contribution is -0.135. The van der Waals surface area contributed by atoms with Crippen LogP contribution in [0, 0.1) is 5.82 Å². The molecule has 8 nitrogen and oxygen atoms in total. The molecule has 10 heteroatoms. The fourth-order valence-corrected chi connectivity index (χ4v) is 3.36. The molecule has 0 saturated carbocycles. The molecular weight excluding hydrogens is 387 g/mol. The first-order valence-corrected chi connectivity index (χ1v) is 9.35. The van der Waals surface area contributed by atoms with Crippen molar-refractivity contribution in [2.45, 2.75) is 6.54 Å². The van der Waals surface area contributed by atoms with Crippen molar-refractivity contribution in [3.05, 3.63) is 46.1 Å². The molecule has 2 heterocycles. The van der Waals surface area contributed by atoms with E-state index in [1.165, 1.54) is 25.5 Å². The number of amidine groups is 1. The molecule has 148 valence electrons. The Labute approximate surface area is 165 Å². The zero-order valence-corrected chi connectivity index (χ0v) is 16.0. The molecule has 1 aromatic carbocycles. The van der Waals surface area contributed by atoms with Gasteiger partial charge >= 0.3 is 5.97 Å². The second kappa shape index (κ2) is 9.58. The number of ether oxygens (including phenoxy) is 2. The average Bonchev–Trinajstić information content (AvgIpc) is 3.03. The highest BCUT2D eigenvalue weighted by molar-refractivity contribution is 8.18. The second-order valence-corrected chi connectivity index (χ2v) is 7.00. The fourth-order valence-electron chi connectivity index (χ4n) is 2.62. The maximum absolute atomic E-state index is 13.7. The number of carbonyl (C=O) groups is 2. The van der Waals surface area contributed by atoms with Gasteiger partial charge in [0.1, 0.15) is 5.82 Å². The van der Waals surface area contributed by atoms with E-state index in [1.807, 2.05) is 0 Å². The van der Waals surface area contributed by atoms with Gasteiger partial charge in [0.25, 0.3) is 5.91 Å². The number of methoxy groups -OCH3 is 1. The topological polar surface area (TPSA) is 92.6 Å². The number of carbonyl (C=O) groups excluding carboxylic acids is 2. The standard InChI is InChI=1S/C18H19FN4O4S/c1-26-16(24)9-15-17(25)21-18(28-15)22-20-10-12-2-3-14(19)8-13(12)11-23-4-6-27-7-5-23/h2-3,8-10H,4-7,11H2,1H3,(H,21,22,25)/b15-9+,20-10?. The van der Waals surface area contributed by atoms with Gasteiger partial charge < -0.3 is 9.47 Å². The molecule has 0 bridgehead atoms. The van der Waals surface area contributed by atoms with Gasteiger partial charge in [-0.3, -0.25) is 15.0 Å². The molecule has 2 aliphatic rings. The van der Waals surface area contributed by atoms with E-state index in [4.69, 9.17) is 4.74 Å². The van der Waals surface area contributed by atoms with E-state index in [-0.39, 0.29) is 15.9 Å². The Kier molecular flexibility index (Phi) is 6.90. The van der Waals surface area contributed by atoms with E-state index in [0.29, 0.717) is 19.8 Å². The van der Waals surface area contributed by atoms with E-state index in [9.17, 15) is 14.0 Å². The number of nitrogens with one attached hydrogen (secondary N) is 1. The van der Waals surface area contributed by atoms with Crippen molar-refractivity contribution in [1.82, 2.24) is 10.2 Å². The Bertz CT molecular complexity index is 850. The summed E-state index contributed by atoms with van der Waals surface area (Å²) in [6.45, 7) is 3.47. The van der Waals surface area contributed by atoms with Crippen molar-refractivity contribution < 1.29 is 23.5 Å². The Morgan fingerprint density at radius 3 is 2.96 bits per heavy atom. The van der Waals surface area contributed by atoms with Crippen LogP contribution in [-0.2, 0) is 25.6 Å². The third-order valence-corrected chi connectivity index (χ3v) is 4.95. The van der Waals surface area contributed by atoms with Gasteiger partial charge in [-0.1, -0.05) is 6.07 Å². The lowest BCUT2D eigenvalue weighted by Gasteiger charge is -2.27. The number of morpholine rings is 1. The van der Waals surface area contributed by atoms with Crippen molar-refractivity contribution in [3.8, 4) is 0 Å². The summed E-state index contributed by atoms with van der Waals surface area (Å²) in [4.78, 5) is 25.4.